The first kappa shape index (κ1) is 22.8. The minimum absolute atomic E-state index is 0.207. The molecule has 2 aliphatic rings. The average Bonchev–Trinajstić information content (AvgIpc) is 3.19. The first-order chi connectivity index (χ1) is 15.5. The van der Waals surface area contributed by atoms with E-state index in [1.54, 1.807) is 7.11 Å². The summed E-state index contributed by atoms with van der Waals surface area (Å²) in [4.78, 5) is 7.01. The SMILES string of the molecule is CCC1CCCC(O)(C#Cc2ccc(N3C[C@@H](O)[C@H](OC)C3)nc2Cc2ccccc2)C1. The first-order valence-electron chi connectivity index (χ1n) is 11.7. The monoisotopic (exact) mass is 434 g/mol. The van der Waals surface area contributed by atoms with E-state index in [0.717, 1.165) is 42.8 Å². The number of aliphatic hydroxyl groups is 2. The lowest BCUT2D eigenvalue weighted by atomic mass is 9.77. The van der Waals surface area contributed by atoms with E-state index in [2.05, 4.69) is 35.8 Å². The van der Waals surface area contributed by atoms with Crippen LogP contribution in [0.5, 0.6) is 0 Å². The number of hydrogen-bond donors (Lipinski definition) is 2. The van der Waals surface area contributed by atoms with Crippen molar-refractivity contribution in [3.63, 3.8) is 0 Å². The molecule has 4 atom stereocenters. The third kappa shape index (κ3) is 5.32. The van der Waals surface area contributed by atoms with Gasteiger partial charge in [-0.2, -0.15) is 0 Å². The number of anilines is 1. The molecule has 0 spiro atoms. The molecular formula is C27H34N2O3. The summed E-state index contributed by atoms with van der Waals surface area (Å²) in [7, 11) is 1.63. The summed E-state index contributed by atoms with van der Waals surface area (Å²) in [5.74, 6) is 7.85. The molecular weight excluding hydrogens is 400 g/mol. The Bertz CT molecular complexity index is 968. The van der Waals surface area contributed by atoms with Gasteiger partial charge in [0.25, 0.3) is 0 Å². The van der Waals surface area contributed by atoms with Gasteiger partial charge in [-0.1, -0.05) is 61.9 Å². The van der Waals surface area contributed by atoms with Gasteiger partial charge in [-0.05, 0) is 42.9 Å². The second-order valence-corrected chi connectivity index (χ2v) is 9.22. The van der Waals surface area contributed by atoms with Crippen LogP contribution in [0, 0.1) is 17.8 Å². The van der Waals surface area contributed by atoms with Crippen LogP contribution >= 0.6 is 0 Å². The zero-order valence-electron chi connectivity index (χ0n) is 19.1. The Kier molecular flexibility index (Phi) is 7.15. The predicted octanol–water partition coefficient (Wildman–Crippen LogP) is 3.55. The molecule has 2 aromatic rings. The molecule has 0 bridgehead atoms. The van der Waals surface area contributed by atoms with Crippen LogP contribution in [-0.2, 0) is 11.2 Å². The molecule has 1 saturated heterocycles. The van der Waals surface area contributed by atoms with Gasteiger partial charge in [0.1, 0.15) is 17.5 Å². The lowest BCUT2D eigenvalue weighted by molar-refractivity contribution is 0.0217. The maximum Gasteiger partial charge on any atom is 0.129 e. The standard InChI is InChI=1S/C27H34N2O3/c1-3-20-10-7-14-27(31,17-20)15-13-22-11-12-26(29-18-24(30)25(19-29)32-2)28-23(22)16-21-8-5-4-6-9-21/h4-6,8-9,11-12,20,24-25,30-31H,3,7,10,14,16-19H2,1-2H3/t20?,24-,25-,27?/m1/s1. The van der Waals surface area contributed by atoms with Gasteiger partial charge < -0.3 is 19.8 Å². The van der Waals surface area contributed by atoms with E-state index in [9.17, 15) is 10.2 Å². The van der Waals surface area contributed by atoms with Gasteiger partial charge in [0.05, 0.1) is 11.8 Å². The number of rotatable bonds is 5. The Morgan fingerprint density at radius 1 is 1.19 bits per heavy atom. The van der Waals surface area contributed by atoms with E-state index in [0.29, 0.717) is 25.4 Å². The molecule has 5 nitrogen and oxygen atoms in total. The van der Waals surface area contributed by atoms with Crippen molar-refractivity contribution in [3.05, 3.63) is 59.3 Å². The number of benzene rings is 1. The summed E-state index contributed by atoms with van der Waals surface area (Å²) < 4.78 is 5.39. The van der Waals surface area contributed by atoms with Crippen molar-refractivity contribution in [2.45, 2.75) is 63.3 Å². The maximum absolute atomic E-state index is 11.1. The second kappa shape index (κ2) is 10.0. The molecule has 2 N–H and O–H groups in total. The van der Waals surface area contributed by atoms with E-state index >= 15 is 0 Å². The number of methoxy groups -OCH3 is 1. The van der Waals surface area contributed by atoms with Crippen molar-refractivity contribution in [1.29, 1.82) is 0 Å². The molecule has 2 fully saturated rings. The van der Waals surface area contributed by atoms with Crippen LogP contribution in [0.4, 0.5) is 5.82 Å². The Morgan fingerprint density at radius 2 is 2.00 bits per heavy atom. The molecule has 0 amide bonds. The molecule has 1 saturated carbocycles. The second-order valence-electron chi connectivity index (χ2n) is 9.22. The predicted molar refractivity (Wildman–Crippen MR) is 127 cm³/mol. The van der Waals surface area contributed by atoms with Crippen LogP contribution < -0.4 is 4.90 Å². The molecule has 1 aliphatic heterocycles. The van der Waals surface area contributed by atoms with Crippen LogP contribution in [0.1, 0.15) is 55.8 Å². The van der Waals surface area contributed by atoms with Gasteiger partial charge in [0, 0.05) is 32.2 Å². The Labute approximate surface area is 191 Å². The lowest BCUT2D eigenvalue weighted by Gasteiger charge is -2.32. The molecule has 32 heavy (non-hydrogen) atoms. The van der Waals surface area contributed by atoms with E-state index in [-0.39, 0.29) is 6.10 Å². The fourth-order valence-electron chi connectivity index (χ4n) is 4.89. The van der Waals surface area contributed by atoms with Crippen molar-refractivity contribution in [2.24, 2.45) is 5.92 Å². The molecule has 1 aromatic heterocycles. The number of aliphatic hydroxyl groups excluding tert-OH is 1. The third-order valence-electron chi connectivity index (χ3n) is 6.87. The zero-order chi connectivity index (χ0) is 22.6. The normalized spacial score (nSPS) is 27.8. The molecule has 0 radical (unpaired) electrons. The van der Waals surface area contributed by atoms with E-state index < -0.39 is 11.7 Å². The highest BCUT2D eigenvalue weighted by Crippen LogP contribution is 2.34. The Hall–Kier alpha value is -2.39. The lowest BCUT2D eigenvalue weighted by Crippen LogP contribution is -2.33. The van der Waals surface area contributed by atoms with Crippen molar-refractivity contribution in [3.8, 4) is 11.8 Å². The quantitative estimate of drug-likeness (QED) is 0.705. The van der Waals surface area contributed by atoms with Gasteiger partial charge in [-0.15, -0.1) is 0 Å². The number of hydrogen-bond acceptors (Lipinski definition) is 5. The molecule has 2 unspecified atom stereocenters. The summed E-state index contributed by atoms with van der Waals surface area (Å²) in [5, 5.41) is 21.3. The smallest absolute Gasteiger partial charge is 0.129 e. The van der Waals surface area contributed by atoms with Crippen LogP contribution in [0.25, 0.3) is 0 Å². The van der Waals surface area contributed by atoms with Crippen molar-refractivity contribution >= 4 is 5.82 Å². The van der Waals surface area contributed by atoms with E-state index in [1.165, 1.54) is 12.0 Å². The minimum atomic E-state index is -0.910. The number of pyridine rings is 1. The van der Waals surface area contributed by atoms with Gasteiger partial charge in [-0.25, -0.2) is 4.98 Å². The fourth-order valence-corrected chi connectivity index (χ4v) is 4.89. The van der Waals surface area contributed by atoms with Crippen LogP contribution in [-0.4, -0.2) is 53.2 Å². The first-order valence-corrected chi connectivity index (χ1v) is 11.7. The van der Waals surface area contributed by atoms with Crippen LogP contribution in [0.3, 0.4) is 0 Å². The van der Waals surface area contributed by atoms with Crippen LogP contribution in [0.2, 0.25) is 0 Å². The Morgan fingerprint density at radius 3 is 2.72 bits per heavy atom. The minimum Gasteiger partial charge on any atom is -0.388 e. The van der Waals surface area contributed by atoms with E-state index in [4.69, 9.17) is 9.72 Å². The summed E-state index contributed by atoms with van der Waals surface area (Å²) >= 11 is 0. The third-order valence-corrected chi connectivity index (χ3v) is 6.87. The Balaban J connectivity index is 1.63. The zero-order valence-corrected chi connectivity index (χ0v) is 19.1. The molecule has 1 aromatic carbocycles. The molecule has 4 rings (SSSR count). The topological polar surface area (TPSA) is 65.8 Å². The largest absolute Gasteiger partial charge is 0.388 e. The highest BCUT2D eigenvalue weighted by Gasteiger charge is 2.33. The summed E-state index contributed by atoms with van der Waals surface area (Å²) in [6.45, 7) is 3.30. The van der Waals surface area contributed by atoms with Crippen molar-refractivity contribution < 1.29 is 14.9 Å². The maximum atomic E-state index is 11.1. The fraction of sp³-hybridized carbons (Fsp3) is 0.519. The summed E-state index contributed by atoms with van der Waals surface area (Å²) in [5.41, 5.74) is 2.00. The summed E-state index contributed by atoms with van der Waals surface area (Å²) in [6, 6.07) is 14.2. The van der Waals surface area contributed by atoms with Gasteiger partial charge >= 0.3 is 0 Å². The summed E-state index contributed by atoms with van der Waals surface area (Å²) in [6.07, 6.45) is 4.71. The highest BCUT2D eigenvalue weighted by molar-refractivity contribution is 5.50. The number of nitrogens with zero attached hydrogens (tertiary/aromatic N) is 2. The molecule has 170 valence electrons. The molecule has 2 heterocycles. The van der Waals surface area contributed by atoms with Crippen molar-refractivity contribution in [2.75, 3.05) is 25.1 Å². The highest BCUT2D eigenvalue weighted by atomic mass is 16.5. The number of ether oxygens (including phenoxy) is 1. The number of aromatic nitrogens is 1. The molecule has 5 heteroatoms. The van der Waals surface area contributed by atoms with Gasteiger partial charge in [0.2, 0.25) is 0 Å². The van der Waals surface area contributed by atoms with Crippen molar-refractivity contribution in [1.82, 2.24) is 4.98 Å². The average molecular weight is 435 g/mol. The van der Waals surface area contributed by atoms with Crippen LogP contribution in [0.15, 0.2) is 42.5 Å². The van der Waals surface area contributed by atoms with E-state index in [1.807, 2.05) is 30.3 Å². The van der Waals surface area contributed by atoms with Gasteiger partial charge in [0.15, 0.2) is 0 Å². The van der Waals surface area contributed by atoms with Gasteiger partial charge in [-0.3, -0.25) is 0 Å². The molecule has 1 aliphatic carbocycles. The number of β-amino-alcohol motifs (C(OH)–C–C–N with tert-alkyl or cyclic N) is 1.